The Labute approximate surface area is 127 Å². The Kier molecular flexibility index (Phi) is 6.14. The average molecular weight is 318 g/mol. The van der Waals surface area contributed by atoms with Gasteiger partial charge in [0.05, 0.1) is 0 Å². The third kappa shape index (κ3) is 3.87. The van der Waals surface area contributed by atoms with Crippen LogP contribution < -0.4 is 11.3 Å². The van der Waals surface area contributed by atoms with Crippen molar-refractivity contribution in [2.75, 3.05) is 11.5 Å². The molecule has 0 radical (unpaired) electrons. The first-order valence-electron chi connectivity index (χ1n) is 6.79. The molecule has 0 amide bonds. The number of nitrogens with one attached hydrogen (secondary N) is 1. The van der Waals surface area contributed by atoms with Crippen molar-refractivity contribution in [1.82, 2.24) is 5.43 Å². The van der Waals surface area contributed by atoms with E-state index < -0.39 is 11.6 Å². The topological polar surface area (TPSA) is 38.0 Å². The van der Waals surface area contributed by atoms with Crippen molar-refractivity contribution >= 4 is 23.5 Å². The molecule has 3 atom stereocenters. The van der Waals surface area contributed by atoms with Gasteiger partial charge in [0.2, 0.25) is 0 Å². The summed E-state index contributed by atoms with van der Waals surface area (Å²) in [5.41, 5.74) is 3.64. The molecule has 1 aromatic carbocycles. The van der Waals surface area contributed by atoms with E-state index in [0.717, 1.165) is 17.7 Å². The molecule has 1 fully saturated rings. The van der Waals surface area contributed by atoms with Gasteiger partial charge in [-0.1, -0.05) is 13.0 Å². The Bertz CT molecular complexity index is 445. The lowest BCUT2D eigenvalue weighted by Crippen LogP contribution is -2.49. The zero-order chi connectivity index (χ0) is 14.5. The van der Waals surface area contributed by atoms with Crippen LogP contribution in [0.5, 0.6) is 0 Å². The summed E-state index contributed by atoms with van der Waals surface area (Å²) in [6.45, 7) is 2.18. The minimum absolute atomic E-state index is 0.0719. The number of hydrogen-bond donors (Lipinski definition) is 2. The SMILES string of the molecule is CCC1SCCSC1C(Cc1ccc(F)c(F)c1)NN. The van der Waals surface area contributed by atoms with Crippen LogP contribution in [0.4, 0.5) is 8.78 Å². The zero-order valence-electron chi connectivity index (χ0n) is 11.4. The second kappa shape index (κ2) is 7.64. The third-order valence-corrected chi connectivity index (χ3v) is 6.95. The molecule has 3 unspecified atom stereocenters. The van der Waals surface area contributed by atoms with Gasteiger partial charge in [0, 0.05) is 28.0 Å². The van der Waals surface area contributed by atoms with Crippen molar-refractivity contribution in [2.24, 2.45) is 5.84 Å². The van der Waals surface area contributed by atoms with Crippen LogP contribution >= 0.6 is 23.5 Å². The fourth-order valence-corrected chi connectivity index (χ4v) is 5.75. The molecule has 3 N–H and O–H groups in total. The summed E-state index contributed by atoms with van der Waals surface area (Å²) in [5.74, 6) is 6.38. The van der Waals surface area contributed by atoms with E-state index in [-0.39, 0.29) is 6.04 Å². The highest BCUT2D eigenvalue weighted by atomic mass is 32.2. The first-order chi connectivity index (χ1) is 9.65. The second-order valence-electron chi connectivity index (χ2n) is 4.88. The molecular formula is C14H20F2N2S2. The normalized spacial score (nSPS) is 24.6. The smallest absolute Gasteiger partial charge is 0.159 e. The van der Waals surface area contributed by atoms with Crippen LogP contribution in [0.15, 0.2) is 18.2 Å². The summed E-state index contributed by atoms with van der Waals surface area (Å²) in [5, 5.41) is 0.956. The number of nitrogens with two attached hydrogens (primary N) is 1. The lowest BCUT2D eigenvalue weighted by atomic mass is 10.0. The number of benzene rings is 1. The summed E-state index contributed by atoms with van der Waals surface area (Å²) < 4.78 is 26.2. The average Bonchev–Trinajstić information content (AvgIpc) is 2.48. The van der Waals surface area contributed by atoms with Crippen LogP contribution in [-0.4, -0.2) is 28.0 Å². The van der Waals surface area contributed by atoms with E-state index in [4.69, 9.17) is 5.84 Å². The maximum atomic E-state index is 13.3. The highest BCUT2D eigenvalue weighted by molar-refractivity contribution is 8.07. The summed E-state index contributed by atoms with van der Waals surface area (Å²) in [4.78, 5) is 0. The Balaban J connectivity index is 2.09. The number of rotatable bonds is 5. The van der Waals surface area contributed by atoms with E-state index in [1.54, 1.807) is 6.07 Å². The molecule has 2 rings (SSSR count). The van der Waals surface area contributed by atoms with E-state index in [1.165, 1.54) is 17.9 Å². The molecule has 20 heavy (non-hydrogen) atoms. The van der Waals surface area contributed by atoms with Gasteiger partial charge in [0.15, 0.2) is 11.6 Å². The predicted octanol–water partition coefficient (Wildman–Crippen LogP) is 2.97. The van der Waals surface area contributed by atoms with Gasteiger partial charge in [0.25, 0.3) is 0 Å². The van der Waals surface area contributed by atoms with E-state index >= 15 is 0 Å². The summed E-state index contributed by atoms with van der Waals surface area (Å²) in [7, 11) is 0. The number of hydrazine groups is 1. The molecule has 0 spiro atoms. The van der Waals surface area contributed by atoms with E-state index in [9.17, 15) is 8.78 Å². The van der Waals surface area contributed by atoms with Crippen LogP contribution in [0.3, 0.4) is 0 Å². The number of halogens is 2. The van der Waals surface area contributed by atoms with Crippen LogP contribution in [0, 0.1) is 11.6 Å². The maximum Gasteiger partial charge on any atom is 0.159 e. The Morgan fingerprint density at radius 2 is 2.05 bits per heavy atom. The first-order valence-corrected chi connectivity index (χ1v) is 8.88. The molecule has 0 aliphatic carbocycles. The Morgan fingerprint density at radius 1 is 1.30 bits per heavy atom. The van der Waals surface area contributed by atoms with Crippen molar-refractivity contribution < 1.29 is 8.78 Å². The summed E-state index contributed by atoms with van der Waals surface area (Å²) in [6.07, 6.45) is 1.71. The van der Waals surface area contributed by atoms with Gasteiger partial charge in [0.1, 0.15) is 0 Å². The molecule has 1 aliphatic heterocycles. The van der Waals surface area contributed by atoms with E-state index in [1.807, 2.05) is 23.5 Å². The van der Waals surface area contributed by atoms with Crippen molar-refractivity contribution in [1.29, 1.82) is 0 Å². The second-order valence-corrected chi connectivity index (χ2v) is 7.51. The standard InChI is InChI=1S/C14H20F2N2S2/c1-2-13-14(20-6-5-19-13)12(18-17)8-9-3-4-10(15)11(16)7-9/h3-4,7,12-14,18H,2,5-6,8,17H2,1H3. The lowest BCUT2D eigenvalue weighted by Gasteiger charge is -2.35. The third-order valence-electron chi connectivity index (χ3n) is 3.54. The van der Waals surface area contributed by atoms with Crippen molar-refractivity contribution in [3.63, 3.8) is 0 Å². The minimum atomic E-state index is -0.806. The Morgan fingerprint density at radius 3 is 2.70 bits per heavy atom. The zero-order valence-corrected chi connectivity index (χ0v) is 13.1. The Hall–Kier alpha value is -0.300. The molecule has 112 valence electrons. The molecule has 0 bridgehead atoms. The quantitative estimate of drug-likeness (QED) is 0.647. The molecule has 0 saturated carbocycles. The van der Waals surface area contributed by atoms with Crippen LogP contribution in [0.1, 0.15) is 18.9 Å². The maximum absolute atomic E-state index is 13.3. The number of hydrogen-bond acceptors (Lipinski definition) is 4. The molecular weight excluding hydrogens is 298 g/mol. The fourth-order valence-electron chi connectivity index (χ4n) is 2.50. The van der Waals surface area contributed by atoms with Crippen LogP contribution in [0.25, 0.3) is 0 Å². The summed E-state index contributed by atoms with van der Waals surface area (Å²) in [6, 6.07) is 4.15. The van der Waals surface area contributed by atoms with Gasteiger partial charge in [-0.3, -0.25) is 11.3 Å². The largest absolute Gasteiger partial charge is 0.271 e. The number of thioether (sulfide) groups is 2. The van der Waals surface area contributed by atoms with Gasteiger partial charge in [-0.05, 0) is 30.5 Å². The fraction of sp³-hybridized carbons (Fsp3) is 0.571. The molecule has 1 aliphatic rings. The molecule has 1 aromatic rings. The van der Waals surface area contributed by atoms with Gasteiger partial charge in [-0.2, -0.15) is 23.5 Å². The lowest BCUT2D eigenvalue weighted by molar-refractivity contribution is 0.482. The van der Waals surface area contributed by atoms with E-state index in [2.05, 4.69) is 12.3 Å². The predicted molar refractivity (Wildman–Crippen MR) is 84.0 cm³/mol. The van der Waals surface area contributed by atoms with E-state index in [0.29, 0.717) is 16.9 Å². The monoisotopic (exact) mass is 318 g/mol. The summed E-state index contributed by atoms with van der Waals surface area (Å²) >= 11 is 3.90. The first kappa shape index (κ1) is 16.1. The van der Waals surface area contributed by atoms with Gasteiger partial charge >= 0.3 is 0 Å². The molecule has 6 heteroatoms. The van der Waals surface area contributed by atoms with Crippen LogP contribution in [0.2, 0.25) is 0 Å². The molecule has 0 aromatic heterocycles. The van der Waals surface area contributed by atoms with Crippen LogP contribution in [-0.2, 0) is 6.42 Å². The minimum Gasteiger partial charge on any atom is -0.271 e. The van der Waals surface area contributed by atoms with Gasteiger partial charge in [-0.15, -0.1) is 0 Å². The highest BCUT2D eigenvalue weighted by Gasteiger charge is 2.31. The van der Waals surface area contributed by atoms with Crippen molar-refractivity contribution in [3.8, 4) is 0 Å². The van der Waals surface area contributed by atoms with Crippen molar-refractivity contribution in [2.45, 2.75) is 36.3 Å². The molecule has 2 nitrogen and oxygen atoms in total. The van der Waals surface area contributed by atoms with Gasteiger partial charge < -0.3 is 0 Å². The highest BCUT2D eigenvalue weighted by Crippen LogP contribution is 2.35. The van der Waals surface area contributed by atoms with Gasteiger partial charge in [-0.25, -0.2) is 8.78 Å². The molecule has 1 heterocycles. The van der Waals surface area contributed by atoms with Crippen molar-refractivity contribution in [3.05, 3.63) is 35.4 Å². The molecule has 1 saturated heterocycles.